The molecule has 0 saturated carbocycles. The number of alkyl carbamates (subject to hydrolysis) is 1. The molecule has 0 aliphatic rings. The van der Waals surface area contributed by atoms with Crippen molar-refractivity contribution >= 4 is 29.6 Å². The van der Waals surface area contributed by atoms with Gasteiger partial charge in [0, 0.05) is 22.4 Å². The Kier molecular flexibility index (Phi) is 10.7. The SMILES string of the molecule is CC(CCC(C)SC(C)C)CSc1ccc(CNC(=O)OC(C)(C)C)cc1. The van der Waals surface area contributed by atoms with Crippen molar-refractivity contribution in [3.8, 4) is 0 Å². The zero-order valence-corrected chi connectivity index (χ0v) is 19.6. The Balaban J connectivity index is 2.30. The molecule has 5 heteroatoms. The van der Waals surface area contributed by atoms with E-state index in [4.69, 9.17) is 4.74 Å². The van der Waals surface area contributed by atoms with Crippen LogP contribution >= 0.6 is 23.5 Å². The molecule has 0 heterocycles. The van der Waals surface area contributed by atoms with E-state index in [1.165, 1.54) is 17.7 Å². The van der Waals surface area contributed by atoms with E-state index in [0.29, 0.717) is 11.8 Å². The monoisotopic (exact) mass is 411 g/mol. The van der Waals surface area contributed by atoms with Crippen LogP contribution < -0.4 is 5.32 Å². The van der Waals surface area contributed by atoms with Crippen LogP contribution in [0, 0.1) is 5.92 Å². The first-order valence-corrected chi connectivity index (χ1v) is 11.8. The van der Waals surface area contributed by atoms with Crippen molar-refractivity contribution < 1.29 is 9.53 Å². The number of thioether (sulfide) groups is 2. The molecule has 1 aromatic rings. The van der Waals surface area contributed by atoms with Crippen LogP contribution in [-0.2, 0) is 11.3 Å². The van der Waals surface area contributed by atoms with Gasteiger partial charge in [0.2, 0.25) is 0 Å². The molecule has 1 N–H and O–H groups in total. The molecule has 0 aromatic heterocycles. The second-order valence-electron chi connectivity index (χ2n) is 8.49. The minimum atomic E-state index is -0.466. The van der Waals surface area contributed by atoms with E-state index < -0.39 is 5.60 Å². The lowest BCUT2D eigenvalue weighted by atomic mass is 10.1. The number of ether oxygens (including phenoxy) is 1. The van der Waals surface area contributed by atoms with Gasteiger partial charge in [-0.15, -0.1) is 11.8 Å². The van der Waals surface area contributed by atoms with Gasteiger partial charge in [0.1, 0.15) is 5.60 Å². The second kappa shape index (κ2) is 11.9. The normalized spacial score (nSPS) is 14.1. The molecule has 27 heavy (non-hydrogen) atoms. The van der Waals surface area contributed by atoms with Crippen molar-refractivity contribution in [2.75, 3.05) is 5.75 Å². The van der Waals surface area contributed by atoms with Crippen LogP contribution in [0.2, 0.25) is 0 Å². The molecule has 0 radical (unpaired) electrons. The minimum absolute atomic E-state index is 0.375. The molecule has 1 aromatic carbocycles. The average molecular weight is 412 g/mol. The van der Waals surface area contributed by atoms with E-state index in [9.17, 15) is 4.79 Å². The standard InChI is InChI=1S/C22H37NO2S2/c1-16(2)27-18(4)9-8-17(3)15-26-20-12-10-19(11-13-20)14-23-21(24)25-22(5,6)7/h10-13,16-18H,8-9,14-15H2,1-7H3,(H,23,24). The summed E-state index contributed by atoms with van der Waals surface area (Å²) >= 11 is 3.99. The predicted octanol–water partition coefficient (Wildman–Crippen LogP) is 6.75. The van der Waals surface area contributed by atoms with Crippen LogP contribution in [0.3, 0.4) is 0 Å². The molecule has 0 saturated heterocycles. The van der Waals surface area contributed by atoms with E-state index in [1.54, 1.807) is 0 Å². The van der Waals surface area contributed by atoms with E-state index in [2.05, 4.69) is 69.0 Å². The smallest absolute Gasteiger partial charge is 0.407 e. The fraction of sp³-hybridized carbons (Fsp3) is 0.682. The van der Waals surface area contributed by atoms with Gasteiger partial charge in [-0.05, 0) is 62.5 Å². The molecule has 2 unspecified atom stereocenters. The lowest BCUT2D eigenvalue weighted by Gasteiger charge is -2.19. The summed E-state index contributed by atoms with van der Waals surface area (Å²) in [4.78, 5) is 13.0. The maximum absolute atomic E-state index is 11.7. The van der Waals surface area contributed by atoms with Gasteiger partial charge in [-0.2, -0.15) is 11.8 Å². The fourth-order valence-electron chi connectivity index (χ4n) is 2.57. The highest BCUT2D eigenvalue weighted by Crippen LogP contribution is 2.26. The summed E-state index contributed by atoms with van der Waals surface area (Å²) in [6.45, 7) is 15.3. The third kappa shape index (κ3) is 12.3. The molecule has 3 nitrogen and oxygen atoms in total. The summed E-state index contributed by atoms with van der Waals surface area (Å²) in [6, 6.07) is 8.43. The van der Waals surface area contributed by atoms with Crippen LogP contribution in [0.1, 0.15) is 66.9 Å². The zero-order valence-electron chi connectivity index (χ0n) is 18.0. The van der Waals surface area contributed by atoms with Gasteiger partial charge in [0.05, 0.1) is 0 Å². The van der Waals surface area contributed by atoms with Crippen molar-refractivity contribution in [1.29, 1.82) is 0 Å². The first-order chi connectivity index (χ1) is 12.5. The van der Waals surface area contributed by atoms with Gasteiger partial charge in [0.15, 0.2) is 0 Å². The molecule has 0 bridgehead atoms. The van der Waals surface area contributed by atoms with E-state index >= 15 is 0 Å². The first-order valence-electron chi connectivity index (χ1n) is 9.89. The third-order valence-electron chi connectivity index (χ3n) is 3.86. The molecule has 0 fully saturated rings. The van der Waals surface area contributed by atoms with E-state index in [1.807, 2.05) is 32.5 Å². The predicted molar refractivity (Wildman–Crippen MR) is 121 cm³/mol. The molecule has 1 amide bonds. The van der Waals surface area contributed by atoms with Gasteiger partial charge in [-0.25, -0.2) is 4.79 Å². The highest BCUT2D eigenvalue weighted by Gasteiger charge is 2.15. The number of amides is 1. The Labute approximate surface area is 174 Å². The lowest BCUT2D eigenvalue weighted by molar-refractivity contribution is 0.0523. The maximum Gasteiger partial charge on any atom is 0.407 e. The van der Waals surface area contributed by atoms with Crippen LogP contribution in [0.25, 0.3) is 0 Å². The van der Waals surface area contributed by atoms with Crippen molar-refractivity contribution in [3.63, 3.8) is 0 Å². The maximum atomic E-state index is 11.7. The fourth-order valence-corrected chi connectivity index (χ4v) is 4.74. The van der Waals surface area contributed by atoms with Crippen molar-refractivity contribution in [3.05, 3.63) is 29.8 Å². The van der Waals surface area contributed by atoms with Crippen molar-refractivity contribution in [1.82, 2.24) is 5.32 Å². The first kappa shape index (κ1) is 24.2. The summed E-state index contributed by atoms with van der Waals surface area (Å²) in [6.07, 6.45) is 2.20. The van der Waals surface area contributed by atoms with Crippen LogP contribution in [-0.4, -0.2) is 27.9 Å². The summed E-state index contributed by atoms with van der Waals surface area (Å²) < 4.78 is 5.25. The Morgan fingerprint density at radius 1 is 1.07 bits per heavy atom. The molecule has 154 valence electrons. The molecule has 0 aliphatic carbocycles. The molecular weight excluding hydrogens is 374 g/mol. The van der Waals surface area contributed by atoms with Gasteiger partial charge < -0.3 is 10.1 Å². The van der Waals surface area contributed by atoms with Gasteiger partial charge in [0.25, 0.3) is 0 Å². The van der Waals surface area contributed by atoms with Gasteiger partial charge >= 0.3 is 6.09 Å². The number of nitrogens with one attached hydrogen (secondary N) is 1. The average Bonchev–Trinajstić information content (AvgIpc) is 2.55. The number of carbonyl (C=O) groups excluding carboxylic acids is 1. The topological polar surface area (TPSA) is 38.3 Å². The molecule has 0 spiro atoms. The van der Waals surface area contributed by atoms with Crippen LogP contribution in [0.4, 0.5) is 4.79 Å². The number of carbonyl (C=O) groups is 1. The number of hydrogen-bond acceptors (Lipinski definition) is 4. The van der Waals surface area contributed by atoms with Crippen molar-refractivity contribution in [2.24, 2.45) is 5.92 Å². The molecule has 1 rings (SSSR count). The molecule has 0 aliphatic heterocycles. The number of hydrogen-bond donors (Lipinski definition) is 1. The van der Waals surface area contributed by atoms with Gasteiger partial charge in [-0.3, -0.25) is 0 Å². The Bertz CT molecular complexity index is 552. The summed E-state index contributed by atoms with van der Waals surface area (Å²) in [5.74, 6) is 1.87. The summed E-state index contributed by atoms with van der Waals surface area (Å²) in [5.41, 5.74) is 0.616. The summed E-state index contributed by atoms with van der Waals surface area (Å²) in [5, 5.41) is 4.26. The largest absolute Gasteiger partial charge is 0.444 e. The quantitative estimate of drug-likeness (QED) is 0.432. The lowest BCUT2D eigenvalue weighted by Crippen LogP contribution is -2.32. The Morgan fingerprint density at radius 2 is 1.70 bits per heavy atom. The second-order valence-corrected chi connectivity index (χ2v) is 11.6. The van der Waals surface area contributed by atoms with E-state index in [0.717, 1.165) is 22.5 Å². The Hall–Kier alpha value is -0.810. The van der Waals surface area contributed by atoms with E-state index in [-0.39, 0.29) is 6.09 Å². The highest BCUT2D eigenvalue weighted by molar-refractivity contribution is 8.00. The van der Waals surface area contributed by atoms with Crippen LogP contribution in [0.5, 0.6) is 0 Å². The number of benzene rings is 1. The molecule has 2 atom stereocenters. The Morgan fingerprint density at radius 3 is 2.26 bits per heavy atom. The third-order valence-corrected chi connectivity index (χ3v) is 6.45. The molecular formula is C22H37NO2S2. The van der Waals surface area contributed by atoms with Crippen molar-refractivity contribution in [2.45, 2.75) is 88.8 Å². The zero-order chi connectivity index (χ0) is 20.4. The number of rotatable bonds is 10. The highest BCUT2D eigenvalue weighted by atomic mass is 32.2. The summed E-state index contributed by atoms with van der Waals surface area (Å²) in [7, 11) is 0. The van der Waals surface area contributed by atoms with Crippen LogP contribution in [0.15, 0.2) is 29.2 Å². The van der Waals surface area contributed by atoms with Gasteiger partial charge in [-0.1, -0.05) is 39.8 Å². The minimum Gasteiger partial charge on any atom is -0.444 e.